The Kier molecular flexibility index (Phi) is 8.71. The maximum Gasteiger partial charge on any atom is 0.310 e. The molecule has 2 aromatic heterocycles. The minimum atomic E-state index is -0.252. The van der Waals surface area contributed by atoms with Gasteiger partial charge in [-0.1, -0.05) is 50.1 Å². The van der Waals surface area contributed by atoms with Crippen LogP contribution in [-0.2, 0) is 29.1 Å². The fourth-order valence-electron chi connectivity index (χ4n) is 6.01. The molecule has 0 unspecified atom stereocenters. The van der Waals surface area contributed by atoms with Crippen molar-refractivity contribution in [1.29, 1.82) is 0 Å². The second-order valence-corrected chi connectivity index (χ2v) is 12.7. The smallest absolute Gasteiger partial charge is 0.310 e. The first-order valence-electron chi connectivity index (χ1n) is 15.0. The molecular weight excluding hydrogens is 550 g/mol. The number of rotatable bonds is 8. The quantitative estimate of drug-likeness (QED) is 0.218. The van der Waals surface area contributed by atoms with Crippen LogP contribution in [-0.4, -0.2) is 61.1 Å². The van der Waals surface area contributed by atoms with Crippen molar-refractivity contribution >= 4 is 23.6 Å². The van der Waals surface area contributed by atoms with Gasteiger partial charge >= 0.3 is 5.97 Å². The number of hydrogen-bond acceptors (Lipinski definition) is 8. The second-order valence-electron chi connectivity index (χ2n) is 11.4. The number of carbonyl (C=O) groups excluding carboxylic acids is 2. The van der Waals surface area contributed by atoms with Gasteiger partial charge in [-0.2, -0.15) is 0 Å². The van der Waals surface area contributed by atoms with Crippen molar-refractivity contribution in [2.75, 3.05) is 19.6 Å². The van der Waals surface area contributed by atoms with Gasteiger partial charge in [-0.15, -0.1) is 0 Å². The Balaban J connectivity index is 1.12. The highest BCUT2D eigenvalue weighted by molar-refractivity contribution is 7.99. The van der Waals surface area contributed by atoms with Crippen molar-refractivity contribution in [2.45, 2.75) is 75.4 Å². The number of fused-ring (bicyclic) bond motifs is 1. The molecule has 0 N–H and O–H groups in total. The fraction of sp³-hybridized carbons (Fsp3) is 0.469. The van der Waals surface area contributed by atoms with E-state index < -0.39 is 0 Å². The zero-order valence-corrected chi connectivity index (χ0v) is 24.9. The van der Waals surface area contributed by atoms with Gasteiger partial charge in [0.2, 0.25) is 5.91 Å². The first-order chi connectivity index (χ1) is 20.5. The normalized spacial score (nSPS) is 17.9. The topological polar surface area (TPSA) is 97.6 Å². The van der Waals surface area contributed by atoms with Crippen molar-refractivity contribution in [3.63, 3.8) is 0 Å². The number of likely N-dealkylation sites (tertiary alicyclic amines) is 1. The number of hydrogen-bond donors (Lipinski definition) is 0. The predicted octanol–water partition coefficient (Wildman–Crippen LogP) is 4.38. The largest absolute Gasteiger partial charge is 0.427 e. The van der Waals surface area contributed by atoms with Gasteiger partial charge in [-0.25, -0.2) is 4.98 Å². The summed E-state index contributed by atoms with van der Waals surface area (Å²) in [5.74, 6) is 0.319. The molecule has 3 aliphatic rings. The average molecular weight is 588 g/mol. The highest BCUT2D eigenvalue weighted by atomic mass is 32.2. The highest BCUT2D eigenvalue weighted by Crippen LogP contribution is 2.34. The van der Waals surface area contributed by atoms with Crippen molar-refractivity contribution in [3.05, 3.63) is 76.0 Å². The van der Waals surface area contributed by atoms with E-state index in [-0.39, 0.29) is 23.4 Å². The van der Waals surface area contributed by atoms with Crippen LogP contribution in [0.25, 0.3) is 5.69 Å². The van der Waals surface area contributed by atoms with Crippen LogP contribution in [0.3, 0.4) is 0 Å². The van der Waals surface area contributed by atoms with E-state index in [1.165, 1.54) is 19.3 Å². The van der Waals surface area contributed by atoms with Gasteiger partial charge < -0.3 is 9.64 Å². The lowest BCUT2D eigenvalue weighted by Crippen LogP contribution is -2.55. The first-order valence-corrected chi connectivity index (χ1v) is 15.9. The summed E-state index contributed by atoms with van der Waals surface area (Å²) in [5, 5.41) is 1.20. The molecule has 2 fully saturated rings. The molecule has 4 heterocycles. The molecule has 0 spiro atoms. The van der Waals surface area contributed by atoms with E-state index in [1.807, 2.05) is 41.3 Å². The number of aromatic nitrogens is 3. The third-order valence-corrected chi connectivity index (χ3v) is 9.68. The minimum absolute atomic E-state index is 0.0778. The van der Waals surface area contributed by atoms with Gasteiger partial charge in [-0.3, -0.25) is 28.8 Å². The highest BCUT2D eigenvalue weighted by Gasteiger charge is 2.37. The lowest BCUT2D eigenvalue weighted by atomic mass is 9.96. The second kappa shape index (κ2) is 12.8. The number of pyridine rings is 1. The monoisotopic (exact) mass is 587 g/mol. The van der Waals surface area contributed by atoms with Crippen LogP contribution in [0.4, 0.5) is 0 Å². The maximum absolute atomic E-state index is 14.0. The van der Waals surface area contributed by atoms with E-state index in [0.717, 1.165) is 35.8 Å². The molecule has 3 aromatic rings. The lowest BCUT2D eigenvalue weighted by molar-refractivity contribution is -0.142. The number of carbonyl (C=O) groups is 2. The molecule has 1 saturated carbocycles. The third-order valence-electron chi connectivity index (χ3n) is 8.40. The summed E-state index contributed by atoms with van der Waals surface area (Å²) >= 11 is 1.72. The van der Waals surface area contributed by atoms with Gasteiger partial charge in [0, 0.05) is 50.5 Å². The lowest BCUT2D eigenvalue weighted by Gasteiger charge is -2.41. The molecule has 1 aromatic carbocycles. The van der Waals surface area contributed by atoms with Crippen molar-refractivity contribution in [3.8, 4) is 11.4 Å². The van der Waals surface area contributed by atoms with E-state index in [1.54, 1.807) is 35.6 Å². The molecular formula is C32H37N5O4S. The van der Waals surface area contributed by atoms with Crippen LogP contribution in [0.15, 0.2) is 58.7 Å². The number of thioether (sulfide) groups is 1. The molecule has 9 nitrogen and oxygen atoms in total. The average Bonchev–Trinajstić information content (AvgIpc) is 3.00. The number of nitrogens with zero attached hydrogens (tertiary/aromatic N) is 5. The predicted molar refractivity (Wildman–Crippen MR) is 161 cm³/mol. The summed E-state index contributed by atoms with van der Waals surface area (Å²) in [5.41, 5.74) is 3.17. The Hall–Kier alpha value is -3.50. The van der Waals surface area contributed by atoms with E-state index >= 15 is 0 Å². The fourth-order valence-corrected chi connectivity index (χ4v) is 7.33. The molecule has 2 aliphatic heterocycles. The molecule has 1 aliphatic carbocycles. The molecule has 10 heteroatoms. The minimum Gasteiger partial charge on any atom is -0.427 e. The third kappa shape index (κ3) is 6.29. The molecule has 220 valence electrons. The van der Waals surface area contributed by atoms with Crippen molar-refractivity contribution < 1.29 is 14.3 Å². The molecule has 42 heavy (non-hydrogen) atoms. The zero-order chi connectivity index (χ0) is 29.1. The summed E-state index contributed by atoms with van der Waals surface area (Å²) in [7, 11) is 0. The van der Waals surface area contributed by atoms with Gasteiger partial charge in [-0.05, 0) is 42.7 Å². The van der Waals surface area contributed by atoms with Crippen molar-refractivity contribution in [2.24, 2.45) is 5.92 Å². The van der Waals surface area contributed by atoms with E-state index in [4.69, 9.17) is 9.72 Å². The number of amides is 1. The van der Waals surface area contributed by atoms with Gasteiger partial charge in [0.05, 0.1) is 35.6 Å². The van der Waals surface area contributed by atoms with Crippen LogP contribution in [0.1, 0.15) is 62.3 Å². The zero-order valence-electron chi connectivity index (χ0n) is 24.0. The van der Waals surface area contributed by atoms with Gasteiger partial charge in [0.1, 0.15) is 5.75 Å². The Labute approximate surface area is 250 Å². The first kappa shape index (κ1) is 28.6. The molecule has 0 bridgehead atoms. The number of ether oxygens (including phenoxy) is 1. The van der Waals surface area contributed by atoms with Crippen LogP contribution in [0.5, 0.6) is 5.75 Å². The van der Waals surface area contributed by atoms with Crippen LogP contribution < -0.4 is 10.3 Å². The Morgan fingerprint density at radius 1 is 1.07 bits per heavy atom. The van der Waals surface area contributed by atoms with Crippen LogP contribution in [0.2, 0.25) is 0 Å². The van der Waals surface area contributed by atoms with E-state index in [2.05, 4.69) is 9.88 Å². The summed E-state index contributed by atoms with van der Waals surface area (Å²) in [6.07, 6.45) is 10.3. The summed E-state index contributed by atoms with van der Waals surface area (Å²) in [4.78, 5) is 52.3. The molecule has 1 amide bonds. The molecule has 0 atom stereocenters. The van der Waals surface area contributed by atoms with E-state index in [0.29, 0.717) is 61.3 Å². The van der Waals surface area contributed by atoms with Crippen LogP contribution >= 0.6 is 11.8 Å². The Bertz CT molecular complexity index is 1480. The molecule has 6 rings (SSSR count). The summed E-state index contributed by atoms with van der Waals surface area (Å²) in [6, 6.07) is 11.3. The van der Waals surface area contributed by atoms with Crippen LogP contribution in [0, 0.1) is 5.92 Å². The standard InChI is InChI=1S/C32H37N5O4S/c1-2-29(38)41-25-12-10-22(11-13-25)18-35-19-23(20-35)30(39)36-16-14-28-27(21-36)31(40)37(24-7-6-15-33-17-24)32(34-28)42-26-8-4-3-5-9-26/h6-7,10-13,15,17,23,26H,2-5,8-9,14,16,18-21H2,1H3. The summed E-state index contributed by atoms with van der Waals surface area (Å²) < 4.78 is 6.96. The van der Waals surface area contributed by atoms with E-state index in [9.17, 15) is 14.4 Å². The molecule has 0 radical (unpaired) electrons. The SMILES string of the molecule is CCC(=O)Oc1ccc(CN2CC(C(=O)N3CCc4nc(SC5CCCCC5)n(-c5cccnc5)c(=O)c4C3)C2)cc1. The van der Waals surface area contributed by atoms with Gasteiger partial charge in [0.15, 0.2) is 5.16 Å². The van der Waals surface area contributed by atoms with Gasteiger partial charge in [0.25, 0.3) is 5.56 Å². The maximum atomic E-state index is 14.0. The summed E-state index contributed by atoms with van der Waals surface area (Å²) in [6.45, 7) is 4.74. The Morgan fingerprint density at radius 3 is 2.57 bits per heavy atom. The number of benzene rings is 1. The van der Waals surface area contributed by atoms with Crippen molar-refractivity contribution in [1.82, 2.24) is 24.3 Å². The number of esters is 1. The Morgan fingerprint density at radius 2 is 1.86 bits per heavy atom. The molecule has 1 saturated heterocycles.